The molecule has 0 atom stereocenters. The number of aromatic nitrogens is 2. The highest BCUT2D eigenvalue weighted by Gasteiger charge is 2.30. The number of nitrogens with two attached hydrogens (primary N) is 1. The van der Waals surface area contributed by atoms with Gasteiger partial charge in [0.05, 0.1) is 0 Å². The normalized spacial score (nSPS) is 15.2. The number of allylic oxidation sites excluding steroid dienone is 3. The molecule has 0 radical (unpaired) electrons. The molecule has 2 heterocycles. The second-order valence-corrected chi connectivity index (χ2v) is 5.48. The van der Waals surface area contributed by atoms with E-state index in [-0.39, 0.29) is 17.5 Å². The van der Waals surface area contributed by atoms with Gasteiger partial charge in [0.2, 0.25) is 0 Å². The molecular weight excluding hydrogens is 324 g/mol. The molecule has 0 unspecified atom stereocenters. The first-order valence-corrected chi connectivity index (χ1v) is 7.97. The zero-order chi connectivity index (χ0) is 18.4. The van der Waals surface area contributed by atoms with Gasteiger partial charge < -0.3 is 25.6 Å². The zero-order valence-corrected chi connectivity index (χ0v) is 14.2. The third kappa shape index (κ3) is 4.25. The molecule has 1 fully saturated rings. The Morgan fingerprint density at radius 2 is 2.00 bits per heavy atom. The van der Waals surface area contributed by atoms with Crippen LogP contribution in [0, 0.1) is 10.1 Å². The summed E-state index contributed by atoms with van der Waals surface area (Å²) in [5.74, 6) is -0.494. The van der Waals surface area contributed by atoms with Crippen LogP contribution < -0.4 is 5.73 Å². The molecule has 0 saturated carbocycles. The summed E-state index contributed by atoms with van der Waals surface area (Å²) in [4.78, 5) is 30.5. The van der Waals surface area contributed by atoms with Crippen molar-refractivity contribution in [3.63, 3.8) is 0 Å². The number of hydrogen-bond donors (Lipinski definition) is 1. The summed E-state index contributed by atoms with van der Waals surface area (Å²) < 4.78 is 1.51. The average molecular weight is 346 g/mol. The summed E-state index contributed by atoms with van der Waals surface area (Å²) in [6.45, 7) is 8.53. The Kier molecular flexibility index (Phi) is 5.93. The molecule has 1 amide bonds. The number of nitro groups is 1. The second-order valence-electron chi connectivity index (χ2n) is 5.48. The van der Waals surface area contributed by atoms with E-state index in [1.807, 2.05) is 13.0 Å². The third-order valence-corrected chi connectivity index (χ3v) is 3.97. The van der Waals surface area contributed by atoms with Gasteiger partial charge in [0.25, 0.3) is 0 Å². The van der Waals surface area contributed by atoms with Crippen LogP contribution in [0.25, 0.3) is 0 Å². The molecule has 0 aliphatic carbocycles. The lowest BCUT2D eigenvalue weighted by Crippen LogP contribution is -2.48. The Hall–Kier alpha value is -3.10. The van der Waals surface area contributed by atoms with Crippen LogP contribution in [0.15, 0.2) is 42.9 Å². The molecule has 1 aromatic heterocycles. The number of hydrogen-bond acceptors (Lipinski definition) is 6. The topological polar surface area (TPSA) is 111 Å². The first kappa shape index (κ1) is 18.2. The van der Waals surface area contributed by atoms with Gasteiger partial charge in [0.1, 0.15) is 6.20 Å². The van der Waals surface area contributed by atoms with Crippen molar-refractivity contribution < 1.29 is 9.72 Å². The monoisotopic (exact) mass is 346 g/mol. The van der Waals surface area contributed by atoms with Crippen LogP contribution in [-0.4, -0.2) is 56.4 Å². The largest absolute Gasteiger partial charge is 0.405 e. The molecule has 2 N–H and O–H groups in total. The summed E-state index contributed by atoms with van der Waals surface area (Å²) in [5, 5.41) is 10.9. The van der Waals surface area contributed by atoms with Gasteiger partial charge in [-0.25, -0.2) is 0 Å². The van der Waals surface area contributed by atoms with Crippen molar-refractivity contribution in [2.75, 3.05) is 26.2 Å². The predicted octanol–water partition coefficient (Wildman–Crippen LogP) is 1.11. The lowest BCUT2D eigenvalue weighted by Gasteiger charge is -2.35. The van der Waals surface area contributed by atoms with E-state index < -0.39 is 4.92 Å². The highest BCUT2D eigenvalue weighted by molar-refractivity contribution is 5.91. The lowest BCUT2D eigenvalue weighted by atomic mass is 10.2. The van der Waals surface area contributed by atoms with Crippen LogP contribution in [0.2, 0.25) is 0 Å². The molecule has 1 aliphatic heterocycles. The van der Waals surface area contributed by atoms with Crippen molar-refractivity contribution in [3.05, 3.63) is 58.8 Å². The molecule has 0 aromatic carbocycles. The fraction of sp³-hybridized carbons (Fsp3) is 0.375. The Balaban J connectivity index is 2.02. The van der Waals surface area contributed by atoms with Crippen LogP contribution in [-0.2, 0) is 6.54 Å². The van der Waals surface area contributed by atoms with Crippen molar-refractivity contribution in [2.45, 2.75) is 13.5 Å². The van der Waals surface area contributed by atoms with Crippen molar-refractivity contribution in [1.82, 2.24) is 19.4 Å². The van der Waals surface area contributed by atoms with Gasteiger partial charge in [-0.1, -0.05) is 12.7 Å². The molecule has 134 valence electrons. The van der Waals surface area contributed by atoms with E-state index in [9.17, 15) is 14.9 Å². The summed E-state index contributed by atoms with van der Waals surface area (Å²) in [7, 11) is 0. The van der Waals surface area contributed by atoms with Crippen molar-refractivity contribution in [2.24, 2.45) is 5.73 Å². The molecule has 0 spiro atoms. The number of piperazine rings is 1. The van der Waals surface area contributed by atoms with Crippen molar-refractivity contribution in [1.29, 1.82) is 0 Å². The number of rotatable bonds is 6. The Bertz CT molecular complexity index is 713. The average Bonchev–Trinajstić information content (AvgIpc) is 3.06. The molecule has 9 nitrogen and oxygen atoms in total. The molecule has 0 bridgehead atoms. The Morgan fingerprint density at radius 3 is 2.56 bits per heavy atom. The molecule has 1 saturated heterocycles. The highest BCUT2D eigenvalue weighted by Crippen LogP contribution is 2.16. The van der Waals surface area contributed by atoms with Crippen LogP contribution in [0.3, 0.4) is 0 Å². The molecule has 1 aromatic rings. The smallest absolute Gasteiger partial charge is 0.382 e. The number of nitrogens with zero attached hydrogens (tertiary/aromatic N) is 5. The molecule has 1 aliphatic rings. The molecule has 2 rings (SSSR count). The number of imidazole rings is 1. The number of carbonyl (C=O) groups excluding carboxylic acids is 1. The van der Waals surface area contributed by atoms with Crippen LogP contribution in [0.1, 0.15) is 17.5 Å². The molecule has 9 heteroatoms. The third-order valence-electron chi connectivity index (χ3n) is 3.97. The van der Waals surface area contributed by atoms with Crippen molar-refractivity contribution >= 4 is 11.7 Å². The van der Waals surface area contributed by atoms with Gasteiger partial charge in [0, 0.05) is 38.4 Å². The SMILES string of the molecule is C=C(/C=C\C=C/N)N1CCN(C(=O)c2nc([N+](=O)[O-])cn2CC)CC1. The second kappa shape index (κ2) is 8.13. The lowest BCUT2D eigenvalue weighted by molar-refractivity contribution is -0.389. The fourth-order valence-electron chi connectivity index (χ4n) is 2.58. The van der Waals surface area contributed by atoms with E-state index in [2.05, 4.69) is 16.5 Å². The van der Waals surface area contributed by atoms with Gasteiger partial charge in [0.15, 0.2) is 0 Å². The quantitative estimate of drug-likeness (QED) is 0.469. The standard InChI is InChI=1S/C16H22N6O3/c1-3-19-12-14(22(24)25)18-15(19)16(23)21-10-8-20(9-11-21)13(2)6-4-5-7-17/h4-7,12H,2-3,8-11,17H2,1H3/b6-4-,7-5-. The first-order valence-electron chi connectivity index (χ1n) is 7.97. The molecule has 25 heavy (non-hydrogen) atoms. The minimum absolute atomic E-state index is 0.106. The van der Waals surface area contributed by atoms with E-state index in [1.165, 1.54) is 17.0 Å². The minimum Gasteiger partial charge on any atom is -0.405 e. The summed E-state index contributed by atoms with van der Waals surface area (Å²) in [6, 6.07) is 0. The first-order chi connectivity index (χ1) is 12.0. The minimum atomic E-state index is -0.590. The van der Waals surface area contributed by atoms with Crippen LogP contribution in [0.5, 0.6) is 0 Å². The number of carbonyl (C=O) groups is 1. The summed E-state index contributed by atoms with van der Waals surface area (Å²) >= 11 is 0. The van der Waals surface area contributed by atoms with E-state index in [1.54, 1.807) is 17.1 Å². The van der Waals surface area contributed by atoms with Gasteiger partial charge in [-0.3, -0.25) is 9.36 Å². The summed E-state index contributed by atoms with van der Waals surface area (Å²) in [6.07, 6.45) is 8.10. The van der Waals surface area contributed by atoms with E-state index in [0.29, 0.717) is 32.7 Å². The van der Waals surface area contributed by atoms with Gasteiger partial charge >= 0.3 is 17.5 Å². The maximum atomic E-state index is 12.6. The predicted molar refractivity (Wildman–Crippen MR) is 93.6 cm³/mol. The van der Waals surface area contributed by atoms with Gasteiger partial charge in [-0.15, -0.1) is 0 Å². The van der Waals surface area contributed by atoms with Crippen molar-refractivity contribution in [3.8, 4) is 0 Å². The van der Waals surface area contributed by atoms with Crippen LogP contribution in [0.4, 0.5) is 5.82 Å². The maximum absolute atomic E-state index is 12.6. The number of amides is 1. The maximum Gasteiger partial charge on any atom is 0.382 e. The van der Waals surface area contributed by atoms with E-state index >= 15 is 0 Å². The zero-order valence-electron chi connectivity index (χ0n) is 14.2. The highest BCUT2D eigenvalue weighted by atomic mass is 16.6. The van der Waals surface area contributed by atoms with Gasteiger partial charge in [-0.05, 0) is 35.2 Å². The molecular formula is C16H22N6O3. The Morgan fingerprint density at radius 1 is 1.36 bits per heavy atom. The van der Waals surface area contributed by atoms with E-state index in [4.69, 9.17) is 5.73 Å². The summed E-state index contributed by atoms with van der Waals surface area (Å²) in [5.41, 5.74) is 6.12. The fourth-order valence-corrected chi connectivity index (χ4v) is 2.58. The Labute approximate surface area is 145 Å². The number of aryl methyl sites for hydroxylation is 1. The van der Waals surface area contributed by atoms with Gasteiger partial charge in [-0.2, -0.15) is 0 Å². The van der Waals surface area contributed by atoms with E-state index in [0.717, 1.165) is 5.70 Å². The van der Waals surface area contributed by atoms with Crippen LogP contribution >= 0.6 is 0 Å².